The van der Waals surface area contributed by atoms with E-state index in [1.165, 1.54) is 22.5 Å². The second-order valence-electron chi connectivity index (χ2n) is 6.13. The predicted molar refractivity (Wildman–Crippen MR) is 107 cm³/mol. The van der Waals surface area contributed by atoms with Crippen LogP contribution in [0, 0.1) is 6.92 Å². The Morgan fingerprint density at radius 3 is 2.54 bits per heavy atom. The number of amides is 1. The number of aromatic nitrogens is 1. The molecule has 0 fully saturated rings. The van der Waals surface area contributed by atoms with Crippen molar-refractivity contribution in [3.8, 4) is 17.0 Å². The van der Waals surface area contributed by atoms with Crippen LogP contribution in [0.5, 0.6) is 5.75 Å². The Hall–Kier alpha value is -2.66. The molecule has 0 bridgehead atoms. The van der Waals surface area contributed by atoms with E-state index in [1.54, 1.807) is 0 Å². The highest BCUT2D eigenvalue weighted by atomic mass is 32.1. The third-order valence-electron chi connectivity index (χ3n) is 3.93. The first-order chi connectivity index (χ1) is 12.6. The Balaban J connectivity index is 1.52. The van der Waals surface area contributed by atoms with Gasteiger partial charge >= 0.3 is 0 Å². The van der Waals surface area contributed by atoms with Crippen molar-refractivity contribution in [1.29, 1.82) is 0 Å². The Kier molecular flexibility index (Phi) is 6.02. The largest absolute Gasteiger partial charge is 0.484 e. The van der Waals surface area contributed by atoms with E-state index in [2.05, 4.69) is 17.2 Å². The van der Waals surface area contributed by atoms with Gasteiger partial charge < -0.3 is 4.74 Å². The molecule has 1 amide bonds. The molecule has 134 valence electrons. The lowest BCUT2D eigenvalue weighted by Gasteiger charge is -2.06. The fourth-order valence-electron chi connectivity index (χ4n) is 2.53. The average Bonchev–Trinajstić information content (AvgIpc) is 3.10. The van der Waals surface area contributed by atoms with E-state index in [0.29, 0.717) is 10.9 Å². The minimum absolute atomic E-state index is 0.0351. The van der Waals surface area contributed by atoms with Gasteiger partial charge in [0.05, 0.1) is 5.69 Å². The fraction of sp³-hybridized carbons (Fsp3) is 0.238. The quantitative estimate of drug-likeness (QED) is 0.634. The van der Waals surface area contributed by atoms with E-state index in [1.807, 2.05) is 60.8 Å². The van der Waals surface area contributed by atoms with Crippen molar-refractivity contribution in [2.75, 3.05) is 11.9 Å². The number of anilines is 1. The second kappa shape index (κ2) is 8.63. The van der Waals surface area contributed by atoms with Crippen LogP contribution >= 0.6 is 11.3 Å². The molecule has 0 saturated carbocycles. The molecule has 0 atom stereocenters. The molecule has 5 heteroatoms. The molecular formula is C21H22N2O2S. The molecule has 3 aromatic rings. The summed E-state index contributed by atoms with van der Waals surface area (Å²) in [6.07, 6.45) is 2.16. The van der Waals surface area contributed by atoms with E-state index in [0.717, 1.165) is 24.1 Å². The van der Waals surface area contributed by atoms with Gasteiger partial charge in [0.15, 0.2) is 11.7 Å². The Morgan fingerprint density at radius 2 is 1.85 bits per heavy atom. The fourth-order valence-corrected chi connectivity index (χ4v) is 3.27. The number of rotatable bonds is 7. The number of ether oxygens (including phenoxy) is 1. The molecule has 1 heterocycles. The Labute approximate surface area is 157 Å². The zero-order chi connectivity index (χ0) is 18.4. The van der Waals surface area contributed by atoms with Gasteiger partial charge in [0.25, 0.3) is 5.91 Å². The van der Waals surface area contributed by atoms with Crippen LogP contribution in [0.2, 0.25) is 0 Å². The van der Waals surface area contributed by atoms with Crippen molar-refractivity contribution < 1.29 is 9.53 Å². The molecule has 0 spiro atoms. The van der Waals surface area contributed by atoms with Crippen LogP contribution in [0.1, 0.15) is 24.5 Å². The lowest BCUT2D eigenvalue weighted by molar-refractivity contribution is -0.118. The van der Waals surface area contributed by atoms with Gasteiger partial charge in [0.2, 0.25) is 0 Å². The molecule has 0 aliphatic carbocycles. The molecular weight excluding hydrogens is 344 g/mol. The van der Waals surface area contributed by atoms with E-state index in [4.69, 9.17) is 4.74 Å². The Morgan fingerprint density at radius 1 is 1.12 bits per heavy atom. The maximum absolute atomic E-state index is 12.1. The van der Waals surface area contributed by atoms with Crippen molar-refractivity contribution in [3.63, 3.8) is 0 Å². The summed E-state index contributed by atoms with van der Waals surface area (Å²) in [5, 5.41) is 5.30. The van der Waals surface area contributed by atoms with Gasteiger partial charge in [0, 0.05) is 10.9 Å². The zero-order valence-electron chi connectivity index (χ0n) is 15.0. The Bertz CT molecular complexity index is 854. The number of aryl methyl sites for hydroxylation is 2. The summed E-state index contributed by atoms with van der Waals surface area (Å²) in [5.74, 6) is 0.479. The van der Waals surface area contributed by atoms with Crippen molar-refractivity contribution >= 4 is 22.4 Å². The number of nitrogens with one attached hydrogen (secondary N) is 1. The van der Waals surface area contributed by atoms with Crippen LogP contribution in [0.15, 0.2) is 53.9 Å². The SMILES string of the molecule is CCCc1ccc(OCC(=O)Nc2nc(-c3ccc(C)cc3)cs2)cc1. The summed E-state index contributed by atoms with van der Waals surface area (Å²) < 4.78 is 5.54. The van der Waals surface area contributed by atoms with Gasteiger partial charge in [-0.25, -0.2) is 4.98 Å². The molecule has 4 nitrogen and oxygen atoms in total. The average molecular weight is 366 g/mol. The van der Waals surface area contributed by atoms with E-state index >= 15 is 0 Å². The highest BCUT2D eigenvalue weighted by Gasteiger charge is 2.09. The highest BCUT2D eigenvalue weighted by Crippen LogP contribution is 2.25. The van der Waals surface area contributed by atoms with Crippen LogP contribution < -0.4 is 10.1 Å². The zero-order valence-corrected chi connectivity index (χ0v) is 15.8. The number of benzene rings is 2. The van der Waals surface area contributed by atoms with Crippen LogP contribution in [0.3, 0.4) is 0 Å². The minimum atomic E-state index is -0.215. The van der Waals surface area contributed by atoms with Gasteiger partial charge in [-0.1, -0.05) is 55.3 Å². The van der Waals surface area contributed by atoms with Crippen molar-refractivity contribution in [1.82, 2.24) is 4.98 Å². The molecule has 0 radical (unpaired) electrons. The number of hydrogen-bond donors (Lipinski definition) is 1. The van der Waals surface area contributed by atoms with Gasteiger partial charge in [0.1, 0.15) is 5.75 Å². The van der Waals surface area contributed by atoms with Gasteiger partial charge in [-0.15, -0.1) is 11.3 Å². The second-order valence-corrected chi connectivity index (χ2v) is 6.99. The maximum Gasteiger partial charge on any atom is 0.264 e. The highest BCUT2D eigenvalue weighted by molar-refractivity contribution is 7.14. The summed E-state index contributed by atoms with van der Waals surface area (Å²) in [7, 11) is 0. The summed E-state index contributed by atoms with van der Waals surface area (Å²) in [5.41, 5.74) is 4.38. The third-order valence-corrected chi connectivity index (χ3v) is 4.69. The van der Waals surface area contributed by atoms with E-state index in [-0.39, 0.29) is 12.5 Å². The molecule has 2 aromatic carbocycles. The molecule has 1 aromatic heterocycles. The molecule has 3 rings (SSSR count). The van der Waals surface area contributed by atoms with Crippen LogP contribution in [0.25, 0.3) is 11.3 Å². The number of hydrogen-bond acceptors (Lipinski definition) is 4. The van der Waals surface area contributed by atoms with E-state index in [9.17, 15) is 4.79 Å². The standard InChI is InChI=1S/C21H22N2O2S/c1-3-4-16-7-11-18(12-8-16)25-13-20(24)23-21-22-19(14-26-21)17-9-5-15(2)6-10-17/h5-12,14H,3-4,13H2,1-2H3,(H,22,23,24). The lowest BCUT2D eigenvalue weighted by atomic mass is 10.1. The van der Waals surface area contributed by atoms with Crippen molar-refractivity contribution in [3.05, 3.63) is 65.0 Å². The third kappa shape index (κ3) is 4.92. The number of carbonyl (C=O) groups is 1. The van der Waals surface area contributed by atoms with Crippen molar-refractivity contribution in [2.24, 2.45) is 0 Å². The molecule has 26 heavy (non-hydrogen) atoms. The van der Waals surface area contributed by atoms with Gasteiger partial charge in [-0.3, -0.25) is 10.1 Å². The van der Waals surface area contributed by atoms with Crippen LogP contribution in [-0.4, -0.2) is 17.5 Å². The smallest absolute Gasteiger partial charge is 0.264 e. The lowest BCUT2D eigenvalue weighted by Crippen LogP contribution is -2.20. The number of carbonyl (C=O) groups excluding carboxylic acids is 1. The van der Waals surface area contributed by atoms with E-state index < -0.39 is 0 Å². The monoisotopic (exact) mass is 366 g/mol. The molecule has 0 aliphatic heterocycles. The molecule has 0 saturated heterocycles. The van der Waals surface area contributed by atoms with Crippen LogP contribution in [0.4, 0.5) is 5.13 Å². The molecule has 1 N–H and O–H groups in total. The number of thiazole rings is 1. The molecule has 0 aliphatic rings. The van der Waals surface area contributed by atoms with Gasteiger partial charge in [-0.05, 0) is 31.0 Å². The molecule has 0 unspecified atom stereocenters. The maximum atomic E-state index is 12.1. The van der Waals surface area contributed by atoms with Crippen molar-refractivity contribution in [2.45, 2.75) is 26.7 Å². The number of nitrogens with zero attached hydrogens (tertiary/aromatic N) is 1. The summed E-state index contributed by atoms with van der Waals surface area (Å²) in [6.45, 7) is 4.16. The normalized spacial score (nSPS) is 10.5. The first-order valence-electron chi connectivity index (χ1n) is 8.68. The first-order valence-corrected chi connectivity index (χ1v) is 9.56. The summed E-state index contributed by atoms with van der Waals surface area (Å²) in [6, 6.07) is 16.0. The van der Waals surface area contributed by atoms with Gasteiger partial charge in [-0.2, -0.15) is 0 Å². The summed E-state index contributed by atoms with van der Waals surface area (Å²) in [4.78, 5) is 16.5. The topological polar surface area (TPSA) is 51.2 Å². The van der Waals surface area contributed by atoms with Crippen LogP contribution in [-0.2, 0) is 11.2 Å². The minimum Gasteiger partial charge on any atom is -0.484 e. The first kappa shape index (κ1) is 18.1. The predicted octanol–water partition coefficient (Wildman–Crippen LogP) is 5.09. The summed E-state index contributed by atoms with van der Waals surface area (Å²) >= 11 is 1.41.